The number of nitrogens with zero attached hydrogens (tertiary/aromatic N) is 3. The first-order valence-electron chi connectivity index (χ1n) is 5.79. The number of aromatic nitrogens is 4. The van der Waals surface area contributed by atoms with Gasteiger partial charge in [-0.1, -0.05) is 23.2 Å². The van der Waals surface area contributed by atoms with E-state index in [9.17, 15) is 0 Å². The molecule has 9 heteroatoms. The number of hydrogen-bond acceptors (Lipinski definition) is 5. The Morgan fingerprint density at radius 3 is 2.81 bits per heavy atom. The van der Waals surface area contributed by atoms with Gasteiger partial charge in [-0.25, -0.2) is 4.98 Å². The van der Waals surface area contributed by atoms with Crippen molar-refractivity contribution in [2.45, 2.75) is 0 Å². The van der Waals surface area contributed by atoms with Crippen LogP contribution in [0.2, 0.25) is 10.0 Å². The van der Waals surface area contributed by atoms with Crippen LogP contribution in [0.25, 0.3) is 11.2 Å². The van der Waals surface area contributed by atoms with Crippen molar-refractivity contribution in [2.75, 3.05) is 12.4 Å². The molecule has 0 aliphatic carbocycles. The van der Waals surface area contributed by atoms with Gasteiger partial charge in [-0.3, -0.25) is 0 Å². The maximum atomic E-state index is 6.15. The summed E-state index contributed by atoms with van der Waals surface area (Å²) in [7, 11) is 1.71. The number of nitrogens with one attached hydrogen (secondary N) is 2. The van der Waals surface area contributed by atoms with Gasteiger partial charge in [0, 0.05) is 17.6 Å². The summed E-state index contributed by atoms with van der Waals surface area (Å²) in [6.07, 6.45) is 1.52. The van der Waals surface area contributed by atoms with E-state index < -0.39 is 0 Å². The lowest BCUT2D eigenvalue weighted by Gasteiger charge is -2.09. The minimum atomic E-state index is 0.308. The monoisotopic (exact) mass is 387 g/mol. The van der Waals surface area contributed by atoms with E-state index in [0.717, 1.165) is 0 Å². The topological polar surface area (TPSA) is 75.7 Å². The van der Waals surface area contributed by atoms with Crippen molar-refractivity contribution in [3.05, 3.63) is 33.0 Å². The van der Waals surface area contributed by atoms with Gasteiger partial charge in [-0.2, -0.15) is 9.97 Å². The van der Waals surface area contributed by atoms with Gasteiger partial charge in [-0.15, -0.1) is 0 Å². The number of rotatable bonds is 3. The van der Waals surface area contributed by atoms with E-state index in [4.69, 9.17) is 27.9 Å². The van der Waals surface area contributed by atoms with Crippen molar-refractivity contribution in [3.63, 3.8) is 0 Å². The van der Waals surface area contributed by atoms with Crippen LogP contribution in [0.3, 0.4) is 0 Å². The van der Waals surface area contributed by atoms with E-state index in [1.54, 1.807) is 19.2 Å². The second kappa shape index (κ2) is 5.67. The largest absolute Gasteiger partial charge is 0.435 e. The molecule has 0 saturated heterocycles. The second-order valence-electron chi connectivity index (χ2n) is 4.00. The van der Waals surface area contributed by atoms with E-state index in [-0.39, 0.29) is 0 Å². The molecule has 0 unspecified atom stereocenters. The van der Waals surface area contributed by atoms with E-state index in [0.29, 0.717) is 43.3 Å². The van der Waals surface area contributed by atoms with Crippen molar-refractivity contribution < 1.29 is 4.74 Å². The summed E-state index contributed by atoms with van der Waals surface area (Å²) < 4.78 is 6.45. The molecular weight excluding hydrogens is 381 g/mol. The summed E-state index contributed by atoms with van der Waals surface area (Å²) in [4.78, 5) is 15.5. The molecule has 0 spiro atoms. The molecule has 2 aromatic heterocycles. The molecule has 6 nitrogen and oxygen atoms in total. The van der Waals surface area contributed by atoms with Gasteiger partial charge in [0.1, 0.15) is 11.3 Å². The highest BCUT2D eigenvalue weighted by molar-refractivity contribution is 9.10. The van der Waals surface area contributed by atoms with Crippen LogP contribution in [0.5, 0.6) is 11.6 Å². The highest BCUT2D eigenvalue weighted by atomic mass is 79.9. The molecule has 3 rings (SSSR count). The number of fused-ring (bicyclic) bond motifs is 1. The van der Waals surface area contributed by atoms with Crippen LogP contribution in [0.1, 0.15) is 0 Å². The average Bonchev–Trinajstić information content (AvgIpc) is 2.93. The first-order chi connectivity index (χ1) is 10.1. The van der Waals surface area contributed by atoms with E-state index in [1.807, 2.05) is 0 Å². The summed E-state index contributed by atoms with van der Waals surface area (Å²) in [5, 5.41) is 3.74. The SMILES string of the molecule is CNc1nc(Oc2cc(Cl)c(Br)cc2Cl)c2[nH]cnc2n1. The fourth-order valence-electron chi connectivity index (χ4n) is 1.68. The zero-order valence-corrected chi connectivity index (χ0v) is 13.7. The Balaban J connectivity index is 2.09. The predicted molar refractivity (Wildman–Crippen MR) is 85.5 cm³/mol. The van der Waals surface area contributed by atoms with Crippen molar-refractivity contribution >= 4 is 56.2 Å². The summed E-state index contributed by atoms with van der Waals surface area (Å²) in [6, 6.07) is 3.26. The van der Waals surface area contributed by atoms with Gasteiger partial charge in [0.25, 0.3) is 5.88 Å². The number of aromatic amines is 1. The normalized spacial score (nSPS) is 10.9. The maximum Gasteiger partial charge on any atom is 0.250 e. The molecule has 2 N–H and O–H groups in total. The molecule has 0 fully saturated rings. The molecule has 108 valence electrons. The van der Waals surface area contributed by atoms with Crippen LogP contribution in [0.15, 0.2) is 22.9 Å². The number of halogens is 3. The van der Waals surface area contributed by atoms with E-state index >= 15 is 0 Å². The molecule has 0 saturated carbocycles. The fraction of sp³-hybridized carbons (Fsp3) is 0.0833. The van der Waals surface area contributed by atoms with Crippen LogP contribution in [-0.4, -0.2) is 27.0 Å². The minimum absolute atomic E-state index is 0.308. The predicted octanol–water partition coefficient (Wildman–Crippen LogP) is 4.26. The smallest absolute Gasteiger partial charge is 0.250 e. The van der Waals surface area contributed by atoms with Gasteiger partial charge in [0.15, 0.2) is 5.65 Å². The Morgan fingerprint density at radius 2 is 2.05 bits per heavy atom. The molecule has 0 aliphatic heterocycles. The maximum absolute atomic E-state index is 6.15. The standard InChI is InChI=1S/C12H8BrCl2N5O/c1-16-12-19-10-9(17-4-18-10)11(20-12)21-8-3-6(14)5(13)2-7(8)15/h2-4H,1H3,(H2,16,17,18,19,20). The Kier molecular flexibility index (Phi) is 3.88. The highest BCUT2D eigenvalue weighted by Gasteiger charge is 2.14. The van der Waals surface area contributed by atoms with Gasteiger partial charge < -0.3 is 15.0 Å². The van der Waals surface area contributed by atoms with Crippen LogP contribution >= 0.6 is 39.1 Å². The van der Waals surface area contributed by atoms with E-state index in [1.165, 1.54) is 6.33 Å². The summed E-state index contributed by atoms with van der Waals surface area (Å²) in [5.41, 5.74) is 1.06. The summed E-state index contributed by atoms with van der Waals surface area (Å²) in [5.74, 6) is 1.09. The number of anilines is 1. The Hall–Kier alpha value is -1.57. The number of H-pyrrole nitrogens is 1. The van der Waals surface area contributed by atoms with Gasteiger partial charge in [0.2, 0.25) is 5.95 Å². The Bertz CT molecular complexity index is 823. The molecule has 1 aromatic carbocycles. The summed E-state index contributed by atoms with van der Waals surface area (Å²) in [6.45, 7) is 0. The zero-order valence-electron chi connectivity index (χ0n) is 10.6. The second-order valence-corrected chi connectivity index (χ2v) is 5.67. The summed E-state index contributed by atoms with van der Waals surface area (Å²) >= 11 is 15.5. The fourth-order valence-corrected chi connectivity index (χ4v) is 2.51. The molecule has 0 bridgehead atoms. The van der Waals surface area contributed by atoms with E-state index in [2.05, 4.69) is 41.2 Å². The van der Waals surface area contributed by atoms with Gasteiger partial charge >= 0.3 is 0 Å². The average molecular weight is 389 g/mol. The van der Waals surface area contributed by atoms with Crippen molar-refractivity contribution in [3.8, 4) is 11.6 Å². The number of benzene rings is 1. The molecule has 3 aromatic rings. The first-order valence-corrected chi connectivity index (χ1v) is 7.34. The first kappa shape index (κ1) is 14.4. The lowest BCUT2D eigenvalue weighted by atomic mass is 10.3. The van der Waals surface area contributed by atoms with Gasteiger partial charge in [0.05, 0.1) is 16.4 Å². The Morgan fingerprint density at radius 1 is 1.24 bits per heavy atom. The van der Waals surface area contributed by atoms with Crippen LogP contribution in [0, 0.1) is 0 Å². The third kappa shape index (κ3) is 2.76. The lowest BCUT2D eigenvalue weighted by Crippen LogP contribution is -1.99. The number of ether oxygens (including phenoxy) is 1. The van der Waals surface area contributed by atoms with Crippen molar-refractivity contribution in [2.24, 2.45) is 0 Å². The minimum Gasteiger partial charge on any atom is -0.435 e. The third-order valence-corrected chi connectivity index (χ3v) is 4.15. The number of imidazole rings is 1. The molecule has 0 amide bonds. The van der Waals surface area contributed by atoms with Crippen LogP contribution in [-0.2, 0) is 0 Å². The van der Waals surface area contributed by atoms with Crippen LogP contribution in [0.4, 0.5) is 5.95 Å². The third-order valence-electron chi connectivity index (χ3n) is 2.66. The molecule has 0 radical (unpaired) electrons. The van der Waals surface area contributed by atoms with Crippen LogP contribution < -0.4 is 10.1 Å². The molecule has 21 heavy (non-hydrogen) atoms. The van der Waals surface area contributed by atoms with Crippen molar-refractivity contribution in [1.82, 2.24) is 19.9 Å². The van der Waals surface area contributed by atoms with Crippen molar-refractivity contribution in [1.29, 1.82) is 0 Å². The molecule has 2 heterocycles. The quantitative estimate of drug-likeness (QED) is 0.655. The molecule has 0 atom stereocenters. The number of hydrogen-bond donors (Lipinski definition) is 2. The lowest BCUT2D eigenvalue weighted by molar-refractivity contribution is 0.468. The van der Waals surface area contributed by atoms with Gasteiger partial charge in [-0.05, 0) is 22.0 Å². The zero-order chi connectivity index (χ0) is 15.0. The highest BCUT2D eigenvalue weighted by Crippen LogP contribution is 2.37. The molecular formula is C12H8BrCl2N5O. The Labute approximate surface area is 138 Å². The molecule has 0 aliphatic rings.